The van der Waals surface area contributed by atoms with Gasteiger partial charge in [-0.1, -0.05) is 0 Å². The molecule has 138 valence electrons. The van der Waals surface area contributed by atoms with Crippen molar-refractivity contribution in [2.24, 2.45) is 0 Å². The summed E-state index contributed by atoms with van der Waals surface area (Å²) < 4.78 is 38.7. The average Bonchev–Trinajstić information content (AvgIpc) is 2.60. The minimum absolute atomic E-state index is 0.128. The van der Waals surface area contributed by atoms with Crippen molar-refractivity contribution in [1.29, 1.82) is 0 Å². The number of nitrogens with one attached hydrogen (secondary N) is 2. The third kappa shape index (κ3) is 4.14. The van der Waals surface area contributed by atoms with Crippen molar-refractivity contribution in [3.63, 3.8) is 0 Å². The second-order valence-corrected chi connectivity index (χ2v) is 7.73. The Kier molecular flexibility index (Phi) is 5.15. The fourth-order valence-corrected chi connectivity index (χ4v) is 4.00. The Morgan fingerprint density at radius 2 is 1.92 bits per heavy atom. The first-order valence-electron chi connectivity index (χ1n) is 8.07. The molecule has 2 aromatic rings. The highest BCUT2D eigenvalue weighted by Gasteiger charge is 2.25. The van der Waals surface area contributed by atoms with Crippen LogP contribution < -0.4 is 19.5 Å². The van der Waals surface area contributed by atoms with Crippen LogP contribution in [-0.4, -0.2) is 34.1 Å². The molecule has 2 aromatic carbocycles. The van der Waals surface area contributed by atoms with E-state index >= 15 is 0 Å². The Morgan fingerprint density at radius 3 is 2.58 bits per heavy atom. The predicted octanol–water partition coefficient (Wildman–Crippen LogP) is 1.94. The summed E-state index contributed by atoms with van der Waals surface area (Å²) in [7, 11) is -2.12. The third-order valence-corrected chi connectivity index (χ3v) is 5.52. The average molecular weight is 376 g/mol. The molecule has 1 aliphatic rings. The van der Waals surface area contributed by atoms with Gasteiger partial charge in [0.05, 0.1) is 18.0 Å². The maximum atomic E-state index is 12.6. The van der Waals surface area contributed by atoms with Crippen molar-refractivity contribution in [3.05, 3.63) is 48.0 Å². The van der Waals surface area contributed by atoms with E-state index in [0.29, 0.717) is 17.9 Å². The number of benzene rings is 2. The van der Waals surface area contributed by atoms with E-state index in [0.717, 1.165) is 11.3 Å². The molecule has 3 rings (SSSR count). The van der Waals surface area contributed by atoms with Gasteiger partial charge in [0, 0.05) is 12.6 Å². The lowest BCUT2D eigenvalue weighted by Crippen LogP contribution is -2.42. The molecule has 1 unspecified atom stereocenters. The maximum Gasteiger partial charge on any atom is 0.240 e. The highest BCUT2D eigenvalue weighted by molar-refractivity contribution is 7.89. The molecule has 0 bridgehead atoms. The molecule has 1 atom stereocenters. The van der Waals surface area contributed by atoms with Crippen LogP contribution in [0.25, 0.3) is 0 Å². The van der Waals surface area contributed by atoms with Gasteiger partial charge in [0.2, 0.25) is 15.9 Å². The minimum atomic E-state index is -3.70. The lowest BCUT2D eigenvalue weighted by molar-refractivity contribution is -0.114. The zero-order chi connectivity index (χ0) is 18.7. The van der Waals surface area contributed by atoms with Gasteiger partial charge in [-0.2, -0.15) is 0 Å². The first kappa shape index (κ1) is 18.2. The number of ether oxygens (including phenoxy) is 2. The van der Waals surface area contributed by atoms with Crippen LogP contribution in [0.1, 0.15) is 12.5 Å². The van der Waals surface area contributed by atoms with E-state index in [1.807, 2.05) is 12.1 Å². The summed E-state index contributed by atoms with van der Waals surface area (Å²) in [5.41, 5.74) is 1.43. The van der Waals surface area contributed by atoms with Crippen LogP contribution in [0.3, 0.4) is 0 Å². The molecule has 0 fully saturated rings. The highest BCUT2D eigenvalue weighted by Crippen LogP contribution is 2.29. The molecule has 2 N–H and O–H groups in total. The number of hydrogen-bond acceptors (Lipinski definition) is 5. The summed E-state index contributed by atoms with van der Waals surface area (Å²) in [5, 5.41) is 2.60. The summed E-state index contributed by atoms with van der Waals surface area (Å²) >= 11 is 0. The van der Waals surface area contributed by atoms with Crippen LogP contribution >= 0.6 is 0 Å². The van der Waals surface area contributed by atoms with Crippen molar-refractivity contribution in [3.8, 4) is 11.5 Å². The maximum absolute atomic E-state index is 12.6. The molecule has 1 heterocycles. The van der Waals surface area contributed by atoms with Crippen LogP contribution in [0.4, 0.5) is 5.69 Å². The molecule has 1 aliphatic heterocycles. The van der Waals surface area contributed by atoms with Crippen molar-refractivity contribution < 1.29 is 22.7 Å². The number of fused-ring (bicyclic) bond motifs is 1. The summed E-state index contributed by atoms with van der Waals surface area (Å²) in [6.45, 7) is 1.64. The SMILES string of the molecule is COc1ccc2c(c1)CC(NS(=O)(=O)c1ccc(NC(C)=O)cc1)CO2. The number of methoxy groups -OCH3 is 1. The van der Waals surface area contributed by atoms with Gasteiger partial charge in [0.15, 0.2) is 0 Å². The summed E-state index contributed by atoms with van der Waals surface area (Å²) in [6, 6.07) is 11.1. The van der Waals surface area contributed by atoms with Crippen molar-refractivity contribution >= 4 is 21.6 Å². The Morgan fingerprint density at radius 1 is 1.19 bits per heavy atom. The lowest BCUT2D eigenvalue weighted by Gasteiger charge is -2.26. The summed E-state index contributed by atoms with van der Waals surface area (Å²) in [4.78, 5) is 11.2. The third-order valence-electron chi connectivity index (χ3n) is 3.98. The number of anilines is 1. The number of sulfonamides is 1. The van der Waals surface area contributed by atoms with Gasteiger partial charge in [0.1, 0.15) is 18.1 Å². The van der Waals surface area contributed by atoms with Crippen LogP contribution in [0.15, 0.2) is 47.4 Å². The lowest BCUT2D eigenvalue weighted by atomic mass is 10.0. The first-order valence-corrected chi connectivity index (χ1v) is 9.55. The Balaban J connectivity index is 1.72. The van der Waals surface area contributed by atoms with E-state index in [1.54, 1.807) is 25.3 Å². The van der Waals surface area contributed by atoms with E-state index in [2.05, 4.69) is 10.0 Å². The Bertz CT molecular complexity index is 910. The Hall–Kier alpha value is -2.58. The van der Waals surface area contributed by atoms with E-state index in [-0.39, 0.29) is 23.5 Å². The van der Waals surface area contributed by atoms with E-state index in [9.17, 15) is 13.2 Å². The largest absolute Gasteiger partial charge is 0.497 e. The second kappa shape index (κ2) is 7.35. The molecular weight excluding hydrogens is 356 g/mol. The quantitative estimate of drug-likeness (QED) is 0.832. The fraction of sp³-hybridized carbons (Fsp3) is 0.278. The monoisotopic (exact) mass is 376 g/mol. The molecular formula is C18H20N2O5S. The first-order chi connectivity index (χ1) is 12.4. The molecule has 26 heavy (non-hydrogen) atoms. The predicted molar refractivity (Wildman–Crippen MR) is 97.0 cm³/mol. The molecule has 1 amide bonds. The van der Waals surface area contributed by atoms with Gasteiger partial charge in [-0.25, -0.2) is 13.1 Å². The summed E-state index contributed by atoms with van der Waals surface area (Å²) in [5.74, 6) is 1.22. The molecule has 0 saturated heterocycles. The molecule has 0 saturated carbocycles. The van der Waals surface area contributed by atoms with E-state index < -0.39 is 10.0 Å². The van der Waals surface area contributed by atoms with Crippen LogP contribution in [0.5, 0.6) is 11.5 Å². The number of amides is 1. The van der Waals surface area contributed by atoms with Gasteiger partial charge < -0.3 is 14.8 Å². The van der Waals surface area contributed by atoms with Gasteiger partial charge >= 0.3 is 0 Å². The Labute approximate surface area is 152 Å². The molecule has 0 radical (unpaired) electrons. The number of carbonyl (C=O) groups is 1. The number of hydrogen-bond donors (Lipinski definition) is 2. The van der Waals surface area contributed by atoms with Crippen LogP contribution in [0.2, 0.25) is 0 Å². The molecule has 0 aliphatic carbocycles. The highest BCUT2D eigenvalue weighted by atomic mass is 32.2. The fourth-order valence-electron chi connectivity index (χ4n) is 2.78. The summed E-state index contributed by atoms with van der Waals surface area (Å²) in [6.07, 6.45) is 0.510. The van der Waals surface area contributed by atoms with Crippen LogP contribution in [-0.2, 0) is 21.2 Å². The number of rotatable bonds is 5. The van der Waals surface area contributed by atoms with Crippen molar-refractivity contribution in [1.82, 2.24) is 4.72 Å². The molecule has 0 aromatic heterocycles. The molecule has 8 heteroatoms. The molecule has 7 nitrogen and oxygen atoms in total. The van der Waals surface area contributed by atoms with Gasteiger partial charge in [-0.3, -0.25) is 4.79 Å². The second-order valence-electron chi connectivity index (χ2n) is 6.01. The van der Waals surface area contributed by atoms with Gasteiger partial charge in [-0.05, 0) is 54.4 Å². The van der Waals surface area contributed by atoms with Crippen LogP contribution in [0, 0.1) is 0 Å². The smallest absolute Gasteiger partial charge is 0.240 e. The van der Waals surface area contributed by atoms with Crippen molar-refractivity contribution in [2.45, 2.75) is 24.3 Å². The number of carbonyl (C=O) groups excluding carboxylic acids is 1. The van der Waals surface area contributed by atoms with Gasteiger partial charge in [-0.15, -0.1) is 0 Å². The minimum Gasteiger partial charge on any atom is -0.497 e. The normalized spacial score (nSPS) is 16.3. The topological polar surface area (TPSA) is 93.7 Å². The van der Waals surface area contributed by atoms with Crippen molar-refractivity contribution in [2.75, 3.05) is 19.0 Å². The van der Waals surface area contributed by atoms with Gasteiger partial charge in [0.25, 0.3) is 0 Å². The zero-order valence-corrected chi connectivity index (χ0v) is 15.3. The molecule has 0 spiro atoms. The standard InChI is InChI=1S/C18H20N2O5S/c1-12(21)19-14-3-6-17(7-4-14)26(22,23)20-15-9-13-10-16(24-2)5-8-18(13)25-11-15/h3-8,10,15,20H,9,11H2,1-2H3,(H,19,21). The van der Waals surface area contributed by atoms with E-state index in [1.165, 1.54) is 19.1 Å². The zero-order valence-electron chi connectivity index (χ0n) is 14.5. The van der Waals surface area contributed by atoms with E-state index in [4.69, 9.17) is 9.47 Å².